The predicted octanol–water partition coefficient (Wildman–Crippen LogP) is 3.11. The number of carbonyl (C=O) groups is 1. The predicted molar refractivity (Wildman–Crippen MR) is 98.1 cm³/mol. The number of aryl methyl sites for hydroxylation is 2. The molecule has 0 unspecified atom stereocenters. The number of rotatable bonds is 6. The highest BCUT2D eigenvalue weighted by Crippen LogP contribution is 2.11. The molecular formula is C19H21N5O. The molecule has 0 saturated carbocycles. The topological polar surface area (TPSA) is 64.7 Å². The Morgan fingerprint density at radius 1 is 1.28 bits per heavy atom. The molecule has 0 aliphatic carbocycles. The summed E-state index contributed by atoms with van der Waals surface area (Å²) in [7, 11) is 0. The number of nitrogens with one attached hydrogen (secondary N) is 1. The highest BCUT2D eigenvalue weighted by atomic mass is 16.1. The van der Waals surface area contributed by atoms with Gasteiger partial charge >= 0.3 is 0 Å². The molecule has 0 bridgehead atoms. The molecule has 1 N–H and O–H groups in total. The van der Waals surface area contributed by atoms with Crippen molar-refractivity contribution in [3.63, 3.8) is 0 Å². The van der Waals surface area contributed by atoms with Crippen LogP contribution in [-0.4, -0.2) is 25.5 Å². The molecule has 0 spiro atoms. The van der Waals surface area contributed by atoms with Crippen molar-refractivity contribution in [2.45, 2.75) is 26.9 Å². The van der Waals surface area contributed by atoms with E-state index in [0.717, 1.165) is 17.8 Å². The number of hydrogen-bond acceptors (Lipinski definition) is 3. The van der Waals surface area contributed by atoms with Crippen molar-refractivity contribution >= 4 is 17.8 Å². The fourth-order valence-electron chi connectivity index (χ4n) is 2.47. The van der Waals surface area contributed by atoms with E-state index in [1.807, 2.05) is 53.7 Å². The number of nitrogens with zero attached hydrogens (tertiary/aromatic N) is 4. The molecule has 0 aliphatic rings. The van der Waals surface area contributed by atoms with E-state index in [9.17, 15) is 4.79 Å². The average molecular weight is 335 g/mol. The number of benzene rings is 1. The quantitative estimate of drug-likeness (QED) is 0.704. The Labute approximate surface area is 146 Å². The molecule has 3 aromatic rings. The number of aromatic nitrogens is 4. The van der Waals surface area contributed by atoms with E-state index < -0.39 is 0 Å². The SMILES string of the molecule is CCn1cc(/C=C/C(=O)Nc2cc(C)n(Cc3ccccc3)n2)cn1. The Balaban J connectivity index is 1.62. The molecule has 25 heavy (non-hydrogen) atoms. The third-order valence-electron chi connectivity index (χ3n) is 3.81. The highest BCUT2D eigenvalue weighted by Gasteiger charge is 2.07. The zero-order chi connectivity index (χ0) is 17.6. The first-order valence-electron chi connectivity index (χ1n) is 8.24. The fraction of sp³-hybridized carbons (Fsp3) is 0.211. The molecule has 3 rings (SSSR count). The molecule has 0 fully saturated rings. The summed E-state index contributed by atoms with van der Waals surface area (Å²) >= 11 is 0. The number of carbonyl (C=O) groups excluding carboxylic acids is 1. The molecular weight excluding hydrogens is 314 g/mol. The molecule has 6 nitrogen and oxygen atoms in total. The summed E-state index contributed by atoms with van der Waals surface area (Å²) in [4.78, 5) is 12.1. The Bertz CT molecular complexity index is 876. The van der Waals surface area contributed by atoms with Crippen LogP contribution >= 0.6 is 0 Å². The molecule has 0 aliphatic heterocycles. The summed E-state index contributed by atoms with van der Waals surface area (Å²) in [5.41, 5.74) is 3.05. The third kappa shape index (κ3) is 4.44. The molecule has 1 amide bonds. The largest absolute Gasteiger partial charge is 0.306 e. The lowest BCUT2D eigenvalue weighted by atomic mass is 10.2. The molecule has 2 aromatic heterocycles. The number of hydrogen-bond donors (Lipinski definition) is 1. The van der Waals surface area contributed by atoms with Crippen LogP contribution in [0.5, 0.6) is 0 Å². The summed E-state index contributed by atoms with van der Waals surface area (Å²) in [6.07, 6.45) is 6.85. The summed E-state index contributed by atoms with van der Waals surface area (Å²) in [6, 6.07) is 12.0. The van der Waals surface area contributed by atoms with E-state index in [4.69, 9.17) is 0 Å². The van der Waals surface area contributed by atoms with Crippen LogP contribution in [0.15, 0.2) is 54.9 Å². The van der Waals surface area contributed by atoms with Gasteiger partial charge in [-0.1, -0.05) is 30.3 Å². The second-order valence-corrected chi connectivity index (χ2v) is 5.77. The number of anilines is 1. The van der Waals surface area contributed by atoms with Gasteiger partial charge in [-0.3, -0.25) is 14.2 Å². The van der Waals surface area contributed by atoms with Crippen molar-refractivity contribution in [1.29, 1.82) is 0 Å². The van der Waals surface area contributed by atoms with Crippen LogP contribution in [0.4, 0.5) is 5.82 Å². The Hall–Kier alpha value is -3.15. The summed E-state index contributed by atoms with van der Waals surface area (Å²) < 4.78 is 3.69. The summed E-state index contributed by atoms with van der Waals surface area (Å²) in [5, 5.41) is 11.4. The minimum Gasteiger partial charge on any atom is -0.306 e. The van der Waals surface area contributed by atoms with Crippen LogP contribution in [-0.2, 0) is 17.9 Å². The molecule has 0 saturated heterocycles. The maximum atomic E-state index is 12.1. The van der Waals surface area contributed by atoms with Crippen molar-refractivity contribution in [2.75, 3.05) is 5.32 Å². The lowest BCUT2D eigenvalue weighted by molar-refractivity contribution is -0.111. The van der Waals surface area contributed by atoms with E-state index in [2.05, 4.69) is 27.6 Å². The van der Waals surface area contributed by atoms with E-state index in [1.165, 1.54) is 11.6 Å². The van der Waals surface area contributed by atoms with E-state index in [-0.39, 0.29) is 5.91 Å². The molecule has 1 aromatic carbocycles. The van der Waals surface area contributed by atoms with Crippen LogP contribution in [0.1, 0.15) is 23.7 Å². The molecule has 2 heterocycles. The van der Waals surface area contributed by atoms with Crippen LogP contribution in [0.25, 0.3) is 6.08 Å². The zero-order valence-electron chi connectivity index (χ0n) is 14.4. The molecule has 0 radical (unpaired) electrons. The number of amides is 1. The lowest BCUT2D eigenvalue weighted by Crippen LogP contribution is -2.09. The molecule has 0 atom stereocenters. The Morgan fingerprint density at radius 2 is 2.08 bits per heavy atom. The summed E-state index contributed by atoms with van der Waals surface area (Å²) in [6.45, 7) is 5.47. The van der Waals surface area contributed by atoms with E-state index >= 15 is 0 Å². The van der Waals surface area contributed by atoms with Gasteiger partial charge in [-0.2, -0.15) is 10.2 Å². The van der Waals surface area contributed by atoms with Gasteiger partial charge in [0.05, 0.1) is 12.7 Å². The van der Waals surface area contributed by atoms with E-state index in [0.29, 0.717) is 12.4 Å². The monoisotopic (exact) mass is 335 g/mol. The minimum absolute atomic E-state index is 0.214. The van der Waals surface area contributed by atoms with Crippen LogP contribution in [0.2, 0.25) is 0 Å². The first-order valence-corrected chi connectivity index (χ1v) is 8.24. The first-order chi connectivity index (χ1) is 12.1. The van der Waals surface area contributed by atoms with Crippen molar-refractivity contribution in [2.24, 2.45) is 0 Å². The van der Waals surface area contributed by atoms with Crippen LogP contribution < -0.4 is 5.32 Å². The Morgan fingerprint density at radius 3 is 2.80 bits per heavy atom. The smallest absolute Gasteiger partial charge is 0.249 e. The van der Waals surface area contributed by atoms with Gasteiger partial charge in [0.25, 0.3) is 0 Å². The highest BCUT2D eigenvalue weighted by molar-refractivity contribution is 6.01. The van der Waals surface area contributed by atoms with Gasteiger partial charge in [-0.25, -0.2) is 0 Å². The fourth-order valence-corrected chi connectivity index (χ4v) is 2.47. The van der Waals surface area contributed by atoms with Crippen molar-refractivity contribution in [1.82, 2.24) is 19.6 Å². The average Bonchev–Trinajstić information content (AvgIpc) is 3.21. The third-order valence-corrected chi connectivity index (χ3v) is 3.81. The second-order valence-electron chi connectivity index (χ2n) is 5.77. The van der Waals surface area contributed by atoms with Gasteiger partial charge in [-0.05, 0) is 25.5 Å². The normalized spacial score (nSPS) is 11.1. The van der Waals surface area contributed by atoms with Gasteiger partial charge in [0.2, 0.25) is 5.91 Å². The Kier molecular flexibility index (Phi) is 5.09. The first kappa shape index (κ1) is 16.7. The van der Waals surface area contributed by atoms with Crippen molar-refractivity contribution in [3.05, 3.63) is 71.7 Å². The van der Waals surface area contributed by atoms with Gasteiger partial charge in [0.15, 0.2) is 5.82 Å². The summed E-state index contributed by atoms with van der Waals surface area (Å²) in [5.74, 6) is 0.334. The second kappa shape index (κ2) is 7.61. The van der Waals surface area contributed by atoms with Gasteiger partial charge in [-0.15, -0.1) is 0 Å². The maximum absolute atomic E-state index is 12.1. The lowest BCUT2D eigenvalue weighted by Gasteiger charge is -2.03. The van der Waals surface area contributed by atoms with Gasteiger partial charge in [0, 0.05) is 36.1 Å². The van der Waals surface area contributed by atoms with Gasteiger partial charge < -0.3 is 5.32 Å². The molecule has 6 heteroatoms. The minimum atomic E-state index is -0.214. The standard InChI is InChI=1S/C19H21N5O/c1-3-23-13-17(12-20-23)9-10-19(25)21-18-11-15(2)24(22-18)14-16-7-5-4-6-8-16/h4-13H,3,14H2,1-2H3,(H,21,22,25)/b10-9+. The van der Waals surface area contributed by atoms with Crippen LogP contribution in [0.3, 0.4) is 0 Å². The van der Waals surface area contributed by atoms with Crippen molar-refractivity contribution < 1.29 is 4.79 Å². The zero-order valence-corrected chi connectivity index (χ0v) is 14.4. The van der Waals surface area contributed by atoms with Gasteiger partial charge in [0.1, 0.15) is 0 Å². The maximum Gasteiger partial charge on any atom is 0.249 e. The molecule has 128 valence electrons. The van der Waals surface area contributed by atoms with Crippen LogP contribution in [0, 0.1) is 6.92 Å². The van der Waals surface area contributed by atoms with E-state index in [1.54, 1.807) is 12.3 Å². The van der Waals surface area contributed by atoms with Crippen molar-refractivity contribution in [3.8, 4) is 0 Å².